The predicted octanol–water partition coefficient (Wildman–Crippen LogP) is 3.80. The molecule has 0 spiro atoms. The van der Waals surface area contributed by atoms with Gasteiger partial charge in [-0.15, -0.1) is 0 Å². The Bertz CT molecular complexity index is 612. The van der Waals surface area contributed by atoms with E-state index in [0.717, 1.165) is 37.2 Å². The number of aromatic nitrogens is 2. The van der Waals surface area contributed by atoms with Crippen molar-refractivity contribution in [3.05, 3.63) is 35.7 Å². The maximum Gasteiger partial charge on any atom is 0.257 e. The number of hydrogen-bond donors (Lipinski definition) is 1. The summed E-state index contributed by atoms with van der Waals surface area (Å²) < 4.78 is 5.44. The van der Waals surface area contributed by atoms with Gasteiger partial charge in [0, 0.05) is 5.56 Å². The molecule has 21 heavy (non-hydrogen) atoms. The zero-order valence-corrected chi connectivity index (χ0v) is 12.8. The lowest BCUT2D eigenvalue weighted by atomic mass is 9.76. The van der Waals surface area contributed by atoms with Crippen LogP contribution in [0.4, 0.5) is 0 Å². The summed E-state index contributed by atoms with van der Waals surface area (Å²) in [6.45, 7) is 4.30. The number of nitrogens with two attached hydrogens (primary N) is 1. The van der Waals surface area contributed by atoms with Crippen LogP contribution in [0.3, 0.4) is 0 Å². The van der Waals surface area contributed by atoms with Gasteiger partial charge in [-0.05, 0) is 50.7 Å². The third-order valence-corrected chi connectivity index (χ3v) is 4.71. The molecule has 0 bridgehead atoms. The van der Waals surface area contributed by atoms with E-state index in [1.807, 2.05) is 12.1 Å². The van der Waals surface area contributed by atoms with Gasteiger partial charge < -0.3 is 10.3 Å². The van der Waals surface area contributed by atoms with E-state index in [0.29, 0.717) is 11.7 Å². The van der Waals surface area contributed by atoms with Crippen LogP contribution in [0.25, 0.3) is 11.5 Å². The van der Waals surface area contributed by atoms with Gasteiger partial charge in [-0.2, -0.15) is 4.98 Å². The van der Waals surface area contributed by atoms with Crippen molar-refractivity contribution in [3.63, 3.8) is 0 Å². The quantitative estimate of drug-likeness (QED) is 0.931. The molecule has 1 fully saturated rings. The van der Waals surface area contributed by atoms with Crippen molar-refractivity contribution in [2.75, 3.05) is 0 Å². The third-order valence-electron chi connectivity index (χ3n) is 4.71. The van der Waals surface area contributed by atoms with Gasteiger partial charge in [0.05, 0.1) is 5.54 Å². The largest absolute Gasteiger partial charge is 0.334 e. The van der Waals surface area contributed by atoms with E-state index in [2.05, 4.69) is 36.1 Å². The van der Waals surface area contributed by atoms with Gasteiger partial charge in [0.25, 0.3) is 5.89 Å². The van der Waals surface area contributed by atoms with Gasteiger partial charge in [-0.3, -0.25) is 0 Å². The first kappa shape index (κ1) is 14.3. The molecular weight excluding hydrogens is 262 g/mol. The summed E-state index contributed by atoms with van der Waals surface area (Å²) in [6.07, 6.45) is 5.43. The van der Waals surface area contributed by atoms with Crippen LogP contribution >= 0.6 is 0 Å². The van der Waals surface area contributed by atoms with E-state index in [1.165, 1.54) is 12.0 Å². The van der Waals surface area contributed by atoms with Crippen LogP contribution in [0.2, 0.25) is 0 Å². The molecule has 1 heterocycles. The van der Waals surface area contributed by atoms with Crippen LogP contribution in [-0.4, -0.2) is 10.1 Å². The Morgan fingerprint density at radius 3 is 2.76 bits per heavy atom. The second-order valence-corrected chi connectivity index (χ2v) is 6.30. The van der Waals surface area contributed by atoms with Crippen molar-refractivity contribution < 1.29 is 4.52 Å². The highest BCUT2D eigenvalue weighted by Crippen LogP contribution is 2.38. The Balaban J connectivity index is 1.82. The molecule has 3 rings (SSSR count). The van der Waals surface area contributed by atoms with Gasteiger partial charge in [-0.1, -0.05) is 36.2 Å². The standard InChI is InChI=1S/C17H23N3O/c1-3-13-7-9-17(18,10-8-13)16-19-15(21-20-16)14-6-4-5-12(2)11-14/h4-6,11,13H,3,7-10,18H2,1-2H3. The highest BCUT2D eigenvalue weighted by Gasteiger charge is 2.36. The van der Waals surface area contributed by atoms with Crippen LogP contribution in [0.15, 0.2) is 28.8 Å². The van der Waals surface area contributed by atoms with Crippen LogP contribution in [0, 0.1) is 12.8 Å². The molecule has 0 amide bonds. The molecule has 1 saturated carbocycles. The van der Waals surface area contributed by atoms with E-state index in [4.69, 9.17) is 10.3 Å². The van der Waals surface area contributed by atoms with E-state index < -0.39 is 5.54 Å². The van der Waals surface area contributed by atoms with Crippen LogP contribution < -0.4 is 5.73 Å². The fourth-order valence-electron chi connectivity index (χ4n) is 3.15. The molecule has 0 radical (unpaired) electrons. The third kappa shape index (κ3) is 2.86. The van der Waals surface area contributed by atoms with Crippen molar-refractivity contribution in [1.82, 2.24) is 10.1 Å². The first-order chi connectivity index (χ1) is 10.1. The maximum absolute atomic E-state index is 6.53. The molecule has 0 atom stereocenters. The minimum absolute atomic E-state index is 0.419. The number of rotatable bonds is 3. The average Bonchev–Trinajstić information content (AvgIpc) is 2.99. The maximum atomic E-state index is 6.53. The van der Waals surface area contributed by atoms with Crippen molar-refractivity contribution >= 4 is 0 Å². The van der Waals surface area contributed by atoms with E-state index >= 15 is 0 Å². The van der Waals surface area contributed by atoms with Crippen molar-refractivity contribution in [2.24, 2.45) is 11.7 Å². The zero-order valence-electron chi connectivity index (χ0n) is 12.8. The van der Waals surface area contributed by atoms with Crippen molar-refractivity contribution in [1.29, 1.82) is 0 Å². The first-order valence-electron chi connectivity index (χ1n) is 7.81. The number of hydrogen-bond acceptors (Lipinski definition) is 4. The summed E-state index contributed by atoms with van der Waals surface area (Å²) in [5.74, 6) is 2.02. The Kier molecular flexibility index (Phi) is 3.81. The molecule has 2 aromatic rings. The van der Waals surface area contributed by atoms with Crippen LogP contribution in [0.5, 0.6) is 0 Å². The Labute approximate surface area is 125 Å². The minimum Gasteiger partial charge on any atom is -0.334 e. The van der Waals surface area contributed by atoms with Gasteiger partial charge in [0.2, 0.25) is 0 Å². The molecule has 2 N–H and O–H groups in total. The highest BCUT2D eigenvalue weighted by atomic mass is 16.5. The molecular formula is C17H23N3O. The lowest BCUT2D eigenvalue weighted by Crippen LogP contribution is -2.41. The fourth-order valence-corrected chi connectivity index (χ4v) is 3.15. The van der Waals surface area contributed by atoms with Gasteiger partial charge in [-0.25, -0.2) is 0 Å². The van der Waals surface area contributed by atoms with Gasteiger partial charge in [0.1, 0.15) is 0 Å². The molecule has 0 saturated heterocycles. The normalized spacial score (nSPS) is 26.0. The second kappa shape index (κ2) is 5.60. The van der Waals surface area contributed by atoms with Crippen LogP contribution in [0.1, 0.15) is 50.4 Å². The lowest BCUT2D eigenvalue weighted by Gasteiger charge is -2.34. The molecule has 1 aromatic carbocycles. The highest BCUT2D eigenvalue weighted by molar-refractivity contribution is 5.53. The fraction of sp³-hybridized carbons (Fsp3) is 0.529. The molecule has 1 aliphatic rings. The molecule has 0 aliphatic heterocycles. The van der Waals surface area contributed by atoms with Crippen LogP contribution in [-0.2, 0) is 5.54 Å². The van der Waals surface area contributed by atoms with E-state index in [1.54, 1.807) is 0 Å². The van der Waals surface area contributed by atoms with E-state index in [-0.39, 0.29) is 0 Å². The van der Waals surface area contributed by atoms with Gasteiger partial charge >= 0.3 is 0 Å². The topological polar surface area (TPSA) is 64.9 Å². The van der Waals surface area contributed by atoms with Crippen molar-refractivity contribution in [3.8, 4) is 11.5 Å². The first-order valence-corrected chi connectivity index (χ1v) is 7.81. The Morgan fingerprint density at radius 2 is 2.10 bits per heavy atom. The predicted molar refractivity (Wildman–Crippen MR) is 82.6 cm³/mol. The molecule has 4 heteroatoms. The summed E-state index contributed by atoms with van der Waals surface area (Å²) in [5.41, 5.74) is 8.25. The second-order valence-electron chi connectivity index (χ2n) is 6.30. The summed E-state index contributed by atoms with van der Waals surface area (Å²) in [4.78, 5) is 4.57. The Morgan fingerprint density at radius 1 is 1.33 bits per heavy atom. The number of nitrogens with zero attached hydrogens (tertiary/aromatic N) is 2. The van der Waals surface area contributed by atoms with Crippen molar-refractivity contribution in [2.45, 2.75) is 51.5 Å². The monoisotopic (exact) mass is 285 g/mol. The average molecular weight is 285 g/mol. The summed E-state index contributed by atoms with van der Waals surface area (Å²) in [6, 6.07) is 8.09. The molecule has 4 nitrogen and oxygen atoms in total. The molecule has 0 unspecified atom stereocenters. The lowest BCUT2D eigenvalue weighted by molar-refractivity contribution is 0.216. The van der Waals surface area contributed by atoms with E-state index in [9.17, 15) is 0 Å². The van der Waals surface area contributed by atoms with Gasteiger partial charge in [0.15, 0.2) is 5.82 Å². The smallest absolute Gasteiger partial charge is 0.257 e. The SMILES string of the molecule is CCC1CCC(N)(c2noc(-c3cccc(C)c3)n2)CC1. The number of benzene rings is 1. The summed E-state index contributed by atoms with van der Waals surface area (Å²) >= 11 is 0. The Hall–Kier alpha value is -1.68. The molecule has 1 aromatic heterocycles. The minimum atomic E-state index is -0.419. The summed E-state index contributed by atoms with van der Waals surface area (Å²) in [7, 11) is 0. The molecule has 1 aliphatic carbocycles. The number of aryl methyl sites for hydroxylation is 1. The zero-order chi connectivity index (χ0) is 14.9. The summed E-state index contributed by atoms with van der Waals surface area (Å²) in [5, 5.41) is 4.16. The molecule has 112 valence electrons.